The first-order valence-electron chi connectivity index (χ1n) is 6.81. The molecular weight excluding hydrogens is 296 g/mol. The molecule has 108 valence electrons. The third-order valence-electron chi connectivity index (χ3n) is 3.62. The molecule has 0 N–H and O–H groups in total. The normalized spacial score (nSPS) is 11.1. The van der Waals surface area contributed by atoms with E-state index in [2.05, 4.69) is 4.98 Å². The number of nitrogens with zero attached hydrogens (tertiary/aromatic N) is 2. The second-order valence-electron chi connectivity index (χ2n) is 4.89. The molecule has 0 aliphatic heterocycles. The van der Waals surface area contributed by atoms with Gasteiger partial charge in [-0.25, -0.2) is 4.98 Å². The Bertz CT molecular complexity index is 987. The van der Waals surface area contributed by atoms with Gasteiger partial charge in [-0.2, -0.15) is 0 Å². The van der Waals surface area contributed by atoms with E-state index >= 15 is 0 Å². The number of rotatable bonds is 3. The Labute approximate surface area is 130 Å². The summed E-state index contributed by atoms with van der Waals surface area (Å²) in [6, 6.07) is 13.4. The molecule has 1 aromatic carbocycles. The molecule has 0 aliphatic rings. The Morgan fingerprint density at radius 1 is 1.23 bits per heavy atom. The standard InChI is InChI=1S/C17H12N2O2S/c1-21-14-9-16-18-12(17(20)15-7-4-8-22-15)10-19(16)13-6-3-2-5-11(13)14/h2-10H,1H3. The van der Waals surface area contributed by atoms with E-state index < -0.39 is 0 Å². The van der Waals surface area contributed by atoms with Crippen LogP contribution in [0.15, 0.2) is 54.0 Å². The fraction of sp³-hybridized carbons (Fsp3) is 0.0588. The summed E-state index contributed by atoms with van der Waals surface area (Å²) in [5.74, 6) is 0.700. The maximum atomic E-state index is 12.5. The molecule has 0 saturated carbocycles. The summed E-state index contributed by atoms with van der Waals surface area (Å²) in [5.41, 5.74) is 2.12. The van der Waals surface area contributed by atoms with Crippen molar-refractivity contribution >= 4 is 33.7 Å². The number of thiophene rings is 1. The van der Waals surface area contributed by atoms with Gasteiger partial charge >= 0.3 is 0 Å². The van der Waals surface area contributed by atoms with Gasteiger partial charge < -0.3 is 4.74 Å². The molecule has 0 fully saturated rings. The topological polar surface area (TPSA) is 43.6 Å². The van der Waals surface area contributed by atoms with Gasteiger partial charge in [0.05, 0.1) is 17.5 Å². The Morgan fingerprint density at radius 3 is 2.86 bits per heavy atom. The molecule has 0 radical (unpaired) electrons. The van der Waals surface area contributed by atoms with E-state index in [0.717, 1.165) is 16.7 Å². The minimum Gasteiger partial charge on any atom is -0.496 e. The number of hydrogen-bond donors (Lipinski definition) is 0. The van der Waals surface area contributed by atoms with Gasteiger partial charge in [0.2, 0.25) is 5.78 Å². The predicted octanol–water partition coefficient (Wildman–Crippen LogP) is 3.79. The van der Waals surface area contributed by atoms with E-state index in [1.807, 2.05) is 52.2 Å². The summed E-state index contributed by atoms with van der Waals surface area (Å²) in [4.78, 5) is 17.6. The van der Waals surface area contributed by atoms with E-state index in [-0.39, 0.29) is 5.78 Å². The molecular formula is C17H12N2O2S. The molecule has 0 unspecified atom stereocenters. The zero-order valence-corrected chi connectivity index (χ0v) is 12.6. The first-order chi connectivity index (χ1) is 10.8. The van der Waals surface area contributed by atoms with Crippen LogP contribution in [0.25, 0.3) is 16.6 Å². The monoisotopic (exact) mass is 308 g/mol. The number of ether oxygens (including phenoxy) is 1. The number of imidazole rings is 1. The smallest absolute Gasteiger partial charge is 0.222 e. The summed E-state index contributed by atoms with van der Waals surface area (Å²) in [6.45, 7) is 0. The minimum atomic E-state index is -0.0539. The SMILES string of the molecule is COc1cc2nc(C(=O)c3cccs3)cn2c2ccccc12. The highest BCUT2D eigenvalue weighted by Crippen LogP contribution is 2.28. The number of para-hydroxylation sites is 1. The van der Waals surface area contributed by atoms with E-state index in [4.69, 9.17) is 4.74 Å². The first kappa shape index (κ1) is 13.0. The maximum absolute atomic E-state index is 12.5. The lowest BCUT2D eigenvalue weighted by Crippen LogP contribution is -1.98. The number of hydrogen-bond acceptors (Lipinski definition) is 4. The lowest BCUT2D eigenvalue weighted by Gasteiger charge is -2.07. The second-order valence-corrected chi connectivity index (χ2v) is 5.84. The fourth-order valence-electron chi connectivity index (χ4n) is 2.59. The number of pyridine rings is 1. The van der Waals surface area contributed by atoms with Crippen molar-refractivity contribution in [1.82, 2.24) is 9.38 Å². The van der Waals surface area contributed by atoms with Crippen molar-refractivity contribution in [3.05, 3.63) is 64.6 Å². The van der Waals surface area contributed by atoms with Crippen LogP contribution in [0.5, 0.6) is 5.75 Å². The molecule has 0 bridgehead atoms. The molecule has 5 heteroatoms. The molecule has 4 aromatic rings. The van der Waals surface area contributed by atoms with Crippen LogP contribution < -0.4 is 4.74 Å². The highest BCUT2D eigenvalue weighted by atomic mass is 32.1. The molecule has 0 amide bonds. The summed E-state index contributed by atoms with van der Waals surface area (Å²) in [5, 5.41) is 2.88. The lowest BCUT2D eigenvalue weighted by molar-refractivity contribution is 0.103. The molecule has 22 heavy (non-hydrogen) atoms. The number of benzene rings is 1. The molecule has 0 saturated heterocycles. The third-order valence-corrected chi connectivity index (χ3v) is 4.49. The Hall–Kier alpha value is -2.66. The van der Waals surface area contributed by atoms with E-state index in [1.165, 1.54) is 11.3 Å². The van der Waals surface area contributed by atoms with Gasteiger partial charge in [-0.1, -0.05) is 18.2 Å². The molecule has 4 nitrogen and oxygen atoms in total. The second kappa shape index (κ2) is 4.96. The first-order valence-corrected chi connectivity index (χ1v) is 7.69. The molecule has 4 rings (SSSR count). The van der Waals surface area contributed by atoms with Crippen molar-refractivity contribution in [1.29, 1.82) is 0 Å². The van der Waals surface area contributed by atoms with Crippen LogP contribution in [0.3, 0.4) is 0 Å². The van der Waals surface area contributed by atoms with Crippen LogP contribution in [0, 0.1) is 0 Å². The van der Waals surface area contributed by atoms with Crippen molar-refractivity contribution in [2.75, 3.05) is 7.11 Å². The van der Waals surface area contributed by atoms with Crippen LogP contribution in [-0.4, -0.2) is 22.3 Å². The number of ketones is 1. The van der Waals surface area contributed by atoms with Gasteiger partial charge in [-0.05, 0) is 23.6 Å². The van der Waals surface area contributed by atoms with Crippen molar-refractivity contribution in [3.8, 4) is 5.75 Å². The van der Waals surface area contributed by atoms with E-state index in [0.29, 0.717) is 16.2 Å². The van der Waals surface area contributed by atoms with Crippen LogP contribution >= 0.6 is 11.3 Å². The highest BCUT2D eigenvalue weighted by molar-refractivity contribution is 7.12. The number of carbonyl (C=O) groups excluding carboxylic acids is 1. The van der Waals surface area contributed by atoms with Crippen LogP contribution in [0.2, 0.25) is 0 Å². The van der Waals surface area contributed by atoms with Gasteiger partial charge in [-0.3, -0.25) is 9.20 Å². The summed E-state index contributed by atoms with van der Waals surface area (Å²) in [7, 11) is 1.64. The molecule has 0 aliphatic carbocycles. The number of aromatic nitrogens is 2. The largest absolute Gasteiger partial charge is 0.496 e. The van der Waals surface area contributed by atoms with Gasteiger partial charge in [0.1, 0.15) is 17.1 Å². The number of methoxy groups -OCH3 is 1. The summed E-state index contributed by atoms with van der Waals surface area (Å²) in [6.07, 6.45) is 1.79. The number of carbonyl (C=O) groups is 1. The maximum Gasteiger partial charge on any atom is 0.222 e. The van der Waals surface area contributed by atoms with Crippen molar-refractivity contribution in [3.63, 3.8) is 0 Å². The molecule has 0 spiro atoms. The molecule has 3 heterocycles. The van der Waals surface area contributed by atoms with Crippen LogP contribution in [0.4, 0.5) is 0 Å². The minimum absolute atomic E-state index is 0.0539. The Morgan fingerprint density at radius 2 is 2.09 bits per heavy atom. The summed E-state index contributed by atoms with van der Waals surface area (Å²) >= 11 is 1.42. The predicted molar refractivity (Wildman–Crippen MR) is 87.0 cm³/mol. The Kier molecular flexibility index (Phi) is 2.94. The van der Waals surface area contributed by atoms with Gasteiger partial charge in [-0.15, -0.1) is 11.3 Å². The summed E-state index contributed by atoms with van der Waals surface area (Å²) < 4.78 is 7.37. The third kappa shape index (κ3) is 1.90. The van der Waals surface area contributed by atoms with Crippen LogP contribution in [0.1, 0.15) is 15.4 Å². The quantitative estimate of drug-likeness (QED) is 0.541. The fourth-order valence-corrected chi connectivity index (χ4v) is 3.26. The van der Waals surface area contributed by atoms with Gasteiger partial charge in [0.15, 0.2) is 0 Å². The molecule has 3 aromatic heterocycles. The van der Waals surface area contributed by atoms with Crippen LogP contribution in [-0.2, 0) is 0 Å². The van der Waals surface area contributed by atoms with Crippen molar-refractivity contribution < 1.29 is 9.53 Å². The Balaban J connectivity index is 1.98. The highest BCUT2D eigenvalue weighted by Gasteiger charge is 2.16. The number of fused-ring (bicyclic) bond motifs is 3. The van der Waals surface area contributed by atoms with E-state index in [1.54, 1.807) is 13.3 Å². The average molecular weight is 308 g/mol. The van der Waals surface area contributed by atoms with E-state index in [9.17, 15) is 4.79 Å². The zero-order chi connectivity index (χ0) is 15.1. The van der Waals surface area contributed by atoms with Crippen molar-refractivity contribution in [2.24, 2.45) is 0 Å². The molecule has 0 atom stereocenters. The van der Waals surface area contributed by atoms with Crippen molar-refractivity contribution in [2.45, 2.75) is 0 Å². The van der Waals surface area contributed by atoms with Gasteiger partial charge in [0.25, 0.3) is 0 Å². The zero-order valence-electron chi connectivity index (χ0n) is 11.8. The van der Waals surface area contributed by atoms with Gasteiger partial charge in [0, 0.05) is 17.6 Å². The lowest BCUT2D eigenvalue weighted by atomic mass is 10.2. The average Bonchev–Trinajstić information content (AvgIpc) is 3.22.